The molecule has 0 radical (unpaired) electrons. The van der Waals surface area contributed by atoms with Crippen molar-refractivity contribution in [3.05, 3.63) is 18.0 Å². The van der Waals surface area contributed by atoms with Crippen LogP contribution in [0.2, 0.25) is 0 Å². The van der Waals surface area contributed by atoms with E-state index in [-0.39, 0.29) is 5.38 Å². The Bertz CT molecular complexity index is 270. The van der Waals surface area contributed by atoms with Crippen LogP contribution < -0.4 is 0 Å². The molecule has 0 spiro atoms. The SMILES string of the molecule is CC(Cl)CN(C)CCc1cnn(C)c1. The highest BCUT2D eigenvalue weighted by Crippen LogP contribution is 2.01. The number of hydrogen-bond acceptors (Lipinski definition) is 2. The van der Waals surface area contributed by atoms with E-state index in [9.17, 15) is 0 Å². The third-order valence-electron chi connectivity index (χ3n) is 2.10. The molecule has 1 aromatic rings. The minimum atomic E-state index is 0.217. The quantitative estimate of drug-likeness (QED) is 0.695. The summed E-state index contributed by atoms with van der Waals surface area (Å²) in [6, 6.07) is 0. The van der Waals surface area contributed by atoms with Crippen LogP contribution in [-0.4, -0.2) is 40.2 Å². The number of halogens is 1. The lowest BCUT2D eigenvalue weighted by atomic mass is 10.2. The lowest BCUT2D eigenvalue weighted by Crippen LogP contribution is -2.26. The number of nitrogens with zero attached hydrogens (tertiary/aromatic N) is 3. The summed E-state index contributed by atoms with van der Waals surface area (Å²) in [5.74, 6) is 0. The second-order valence-electron chi connectivity index (χ2n) is 3.82. The number of aryl methyl sites for hydroxylation is 1. The zero-order valence-electron chi connectivity index (χ0n) is 9.07. The van der Waals surface area contributed by atoms with E-state index in [4.69, 9.17) is 11.6 Å². The van der Waals surface area contributed by atoms with Crippen molar-refractivity contribution in [1.82, 2.24) is 14.7 Å². The highest BCUT2D eigenvalue weighted by atomic mass is 35.5. The van der Waals surface area contributed by atoms with Gasteiger partial charge in [-0.25, -0.2) is 0 Å². The van der Waals surface area contributed by atoms with Gasteiger partial charge in [0, 0.05) is 31.7 Å². The average molecular weight is 216 g/mol. The molecule has 1 rings (SSSR count). The summed E-state index contributed by atoms with van der Waals surface area (Å²) in [5.41, 5.74) is 1.28. The Morgan fingerprint density at radius 3 is 2.86 bits per heavy atom. The Balaban J connectivity index is 2.26. The molecule has 3 nitrogen and oxygen atoms in total. The van der Waals surface area contributed by atoms with Crippen molar-refractivity contribution < 1.29 is 0 Å². The summed E-state index contributed by atoms with van der Waals surface area (Å²) in [6.45, 7) is 3.98. The highest BCUT2D eigenvalue weighted by Gasteiger charge is 2.03. The van der Waals surface area contributed by atoms with Crippen LogP contribution in [0.25, 0.3) is 0 Å². The third kappa shape index (κ3) is 4.11. The van der Waals surface area contributed by atoms with E-state index in [1.54, 1.807) is 0 Å². The summed E-state index contributed by atoms with van der Waals surface area (Å²) in [6.07, 6.45) is 5.00. The van der Waals surface area contributed by atoms with E-state index in [1.807, 2.05) is 24.9 Å². The summed E-state index contributed by atoms with van der Waals surface area (Å²) in [4.78, 5) is 2.24. The Labute approximate surface area is 90.7 Å². The molecule has 1 atom stereocenters. The summed E-state index contributed by atoms with van der Waals surface area (Å²) in [7, 11) is 4.03. The van der Waals surface area contributed by atoms with Gasteiger partial charge < -0.3 is 4.90 Å². The fourth-order valence-corrected chi connectivity index (χ4v) is 1.68. The van der Waals surface area contributed by atoms with E-state index >= 15 is 0 Å². The van der Waals surface area contributed by atoms with Gasteiger partial charge in [0.05, 0.1) is 6.20 Å². The average Bonchev–Trinajstić information content (AvgIpc) is 2.47. The maximum Gasteiger partial charge on any atom is 0.0522 e. The van der Waals surface area contributed by atoms with Crippen LogP contribution in [-0.2, 0) is 13.5 Å². The maximum atomic E-state index is 5.90. The maximum absolute atomic E-state index is 5.90. The molecule has 0 saturated heterocycles. The van der Waals surface area contributed by atoms with E-state index in [2.05, 4.69) is 23.2 Å². The number of rotatable bonds is 5. The molecule has 0 aliphatic rings. The first-order valence-corrected chi connectivity index (χ1v) is 5.31. The Morgan fingerprint density at radius 1 is 1.64 bits per heavy atom. The molecule has 0 fully saturated rings. The minimum Gasteiger partial charge on any atom is -0.305 e. The van der Waals surface area contributed by atoms with Crippen molar-refractivity contribution >= 4 is 11.6 Å². The van der Waals surface area contributed by atoms with Crippen LogP contribution >= 0.6 is 11.6 Å². The van der Waals surface area contributed by atoms with Crippen molar-refractivity contribution in [2.75, 3.05) is 20.1 Å². The molecule has 1 aromatic heterocycles. The third-order valence-corrected chi connectivity index (χ3v) is 2.24. The second kappa shape index (κ2) is 5.37. The van der Waals surface area contributed by atoms with Crippen LogP contribution in [0.3, 0.4) is 0 Å². The number of hydrogen-bond donors (Lipinski definition) is 0. The Kier molecular flexibility index (Phi) is 4.42. The molecule has 0 bridgehead atoms. The zero-order valence-corrected chi connectivity index (χ0v) is 9.83. The molecule has 0 saturated carbocycles. The van der Waals surface area contributed by atoms with Gasteiger partial charge in [-0.1, -0.05) is 0 Å². The van der Waals surface area contributed by atoms with Gasteiger partial charge in [0.25, 0.3) is 0 Å². The van der Waals surface area contributed by atoms with Crippen LogP contribution in [0.4, 0.5) is 0 Å². The molecule has 0 N–H and O–H groups in total. The van der Waals surface area contributed by atoms with Gasteiger partial charge in [0.15, 0.2) is 0 Å². The fraction of sp³-hybridized carbons (Fsp3) is 0.700. The summed E-state index contributed by atoms with van der Waals surface area (Å²) < 4.78 is 1.83. The Hall–Kier alpha value is -0.540. The largest absolute Gasteiger partial charge is 0.305 e. The van der Waals surface area contributed by atoms with Crippen molar-refractivity contribution in [2.45, 2.75) is 18.7 Å². The van der Waals surface area contributed by atoms with Crippen LogP contribution in [0.1, 0.15) is 12.5 Å². The molecule has 1 heterocycles. The first kappa shape index (κ1) is 11.5. The lowest BCUT2D eigenvalue weighted by molar-refractivity contribution is 0.341. The minimum absolute atomic E-state index is 0.217. The van der Waals surface area contributed by atoms with E-state index in [0.29, 0.717) is 0 Å². The normalized spacial score (nSPS) is 13.5. The number of likely N-dealkylation sites (N-methyl/N-ethyl adjacent to an activating group) is 1. The van der Waals surface area contributed by atoms with Gasteiger partial charge >= 0.3 is 0 Å². The molecule has 14 heavy (non-hydrogen) atoms. The molecule has 80 valence electrons. The van der Waals surface area contributed by atoms with Crippen molar-refractivity contribution in [3.8, 4) is 0 Å². The van der Waals surface area contributed by atoms with Crippen LogP contribution in [0.15, 0.2) is 12.4 Å². The van der Waals surface area contributed by atoms with Gasteiger partial charge in [-0.15, -0.1) is 11.6 Å². The van der Waals surface area contributed by atoms with Gasteiger partial charge in [-0.05, 0) is 26.0 Å². The van der Waals surface area contributed by atoms with Gasteiger partial charge in [-0.3, -0.25) is 4.68 Å². The number of alkyl halides is 1. The van der Waals surface area contributed by atoms with Crippen molar-refractivity contribution in [1.29, 1.82) is 0 Å². The van der Waals surface area contributed by atoms with Crippen molar-refractivity contribution in [3.63, 3.8) is 0 Å². The van der Waals surface area contributed by atoms with Crippen molar-refractivity contribution in [2.24, 2.45) is 7.05 Å². The van der Waals surface area contributed by atoms with E-state index < -0.39 is 0 Å². The zero-order chi connectivity index (χ0) is 10.6. The number of aromatic nitrogens is 2. The van der Waals surface area contributed by atoms with Gasteiger partial charge in [0.2, 0.25) is 0 Å². The summed E-state index contributed by atoms with van der Waals surface area (Å²) in [5, 5.41) is 4.34. The lowest BCUT2D eigenvalue weighted by Gasteiger charge is -2.16. The predicted molar refractivity (Wildman–Crippen MR) is 59.7 cm³/mol. The summed E-state index contributed by atoms with van der Waals surface area (Å²) >= 11 is 5.90. The molecular weight excluding hydrogens is 198 g/mol. The van der Waals surface area contributed by atoms with E-state index in [0.717, 1.165) is 19.5 Å². The van der Waals surface area contributed by atoms with Crippen LogP contribution in [0, 0.1) is 0 Å². The molecule has 0 aliphatic heterocycles. The van der Waals surface area contributed by atoms with Crippen LogP contribution in [0.5, 0.6) is 0 Å². The fourth-order valence-electron chi connectivity index (χ4n) is 1.44. The van der Waals surface area contributed by atoms with Gasteiger partial charge in [0.1, 0.15) is 0 Å². The smallest absolute Gasteiger partial charge is 0.0522 e. The molecule has 4 heteroatoms. The molecule has 0 aromatic carbocycles. The first-order chi connectivity index (χ1) is 6.58. The van der Waals surface area contributed by atoms with Gasteiger partial charge in [-0.2, -0.15) is 5.10 Å². The van der Waals surface area contributed by atoms with E-state index in [1.165, 1.54) is 5.56 Å². The molecule has 1 unspecified atom stereocenters. The standard InChI is InChI=1S/C10H18ClN3/c1-9(11)7-13(2)5-4-10-6-12-14(3)8-10/h6,8-9H,4-5,7H2,1-3H3. The topological polar surface area (TPSA) is 21.1 Å². The molecular formula is C10H18ClN3. The molecule has 0 amide bonds. The molecule has 0 aliphatic carbocycles. The first-order valence-electron chi connectivity index (χ1n) is 4.88. The highest BCUT2D eigenvalue weighted by molar-refractivity contribution is 6.20. The predicted octanol–water partition coefficient (Wildman–Crippen LogP) is 1.52. The second-order valence-corrected chi connectivity index (χ2v) is 4.56. The monoisotopic (exact) mass is 215 g/mol. The Morgan fingerprint density at radius 2 is 2.36 bits per heavy atom.